The molecule has 4 aromatic rings. The molecule has 0 atom stereocenters. The average Bonchev–Trinajstić information content (AvgIpc) is 3.18. The molecule has 0 bridgehead atoms. The normalized spacial score (nSPS) is 11.2. The van der Waals surface area contributed by atoms with Gasteiger partial charge >= 0.3 is 0 Å². The summed E-state index contributed by atoms with van der Waals surface area (Å²) in [6.45, 7) is 4.02. The van der Waals surface area contributed by atoms with Gasteiger partial charge < -0.3 is 4.74 Å². The van der Waals surface area contributed by atoms with Crippen molar-refractivity contribution in [3.8, 4) is 5.75 Å². The third-order valence-corrected chi connectivity index (χ3v) is 5.65. The Morgan fingerprint density at radius 3 is 2.33 bits per heavy atom. The summed E-state index contributed by atoms with van der Waals surface area (Å²) in [5.74, 6) is 0.515. The average molecular weight is 416 g/mol. The van der Waals surface area contributed by atoms with Gasteiger partial charge in [0.25, 0.3) is 5.91 Å². The number of aromatic nitrogens is 1. The minimum absolute atomic E-state index is 0.232. The molecular weight excluding hydrogens is 394 g/mol. The number of nitrogens with zero attached hydrogens (tertiary/aromatic N) is 3. The number of anilines is 1. The number of fused-ring (bicyclic) bond motifs is 1. The molecule has 1 aromatic heterocycles. The van der Waals surface area contributed by atoms with Crippen LogP contribution in [0.5, 0.6) is 5.75 Å². The molecule has 0 unspecified atom stereocenters. The number of rotatable bonds is 5. The van der Waals surface area contributed by atoms with Gasteiger partial charge in [0.1, 0.15) is 5.75 Å². The fourth-order valence-electron chi connectivity index (χ4n) is 2.89. The van der Waals surface area contributed by atoms with Crippen molar-refractivity contribution >= 4 is 38.8 Å². The fraction of sp³-hybridized carbons (Fsp3) is 0.125. The van der Waals surface area contributed by atoms with Crippen LogP contribution in [0.15, 0.2) is 71.8 Å². The van der Waals surface area contributed by atoms with Crippen molar-refractivity contribution in [1.82, 2.24) is 4.98 Å². The van der Waals surface area contributed by atoms with Crippen LogP contribution >= 0.6 is 11.3 Å². The summed E-state index contributed by atoms with van der Waals surface area (Å²) in [7, 11) is 1.63. The highest BCUT2D eigenvalue weighted by molar-refractivity contribution is 7.22. The van der Waals surface area contributed by atoms with Crippen LogP contribution in [-0.4, -0.2) is 24.2 Å². The molecule has 0 saturated carbocycles. The Balaban J connectivity index is 1.75. The van der Waals surface area contributed by atoms with Gasteiger partial charge in [-0.15, -0.1) is 0 Å². The van der Waals surface area contributed by atoms with Gasteiger partial charge in [-0.05, 0) is 49.7 Å². The predicted octanol–water partition coefficient (Wildman–Crippen LogP) is 5.60. The first-order valence-electron chi connectivity index (χ1n) is 9.50. The van der Waals surface area contributed by atoms with Gasteiger partial charge in [0, 0.05) is 5.56 Å². The minimum atomic E-state index is -0.232. The zero-order valence-corrected chi connectivity index (χ0v) is 17.8. The maximum atomic E-state index is 13.3. The molecule has 4 rings (SSSR count). The quantitative estimate of drug-likeness (QED) is 0.315. The highest BCUT2D eigenvalue weighted by atomic mass is 32.1. The lowest BCUT2D eigenvalue weighted by Crippen LogP contribution is -2.25. The zero-order valence-electron chi connectivity index (χ0n) is 17.0. The third kappa shape index (κ3) is 4.23. The number of carbonyl (C=O) groups is 1. The summed E-state index contributed by atoms with van der Waals surface area (Å²) in [6.07, 6.45) is 1.68. The number of amides is 1. The van der Waals surface area contributed by atoms with Crippen molar-refractivity contribution < 1.29 is 9.53 Å². The molecule has 0 aliphatic rings. The Morgan fingerprint density at radius 1 is 1.00 bits per heavy atom. The highest BCUT2D eigenvalue weighted by Crippen LogP contribution is 2.32. The molecule has 3 aromatic carbocycles. The number of hydrogen-bond donors (Lipinski definition) is 0. The highest BCUT2D eigenvalue weighted by Gasteiger charge is 2.21. The number of thiazole rings is 1. The van der Waals surface area contributed by atoms with Crippen LogP contribution in [0, 0.1) is 13.8 Å². The molecule has 0 fully saturated rings. The topological polar surface area (TPSA) is 54.8 Å². The number of aryl methyl sites for hydroxylation is 2. The van der Waals surface area contributed by atoms with E-state index in [1.54, 1.807) is 13.3 Å². The van der Waals surface area contributed by atoms with E-state index in [2.05, 4.69) is 10.1 Å². The fourth-order valence-corrected chi connectivity index (χ4v) is 3.84. The first-order chi connectivity index (χ1) is 14.5. The van der Waals surface area contributed by atoms with E-state index in [1.165, 1.54) is 21.9 Å². The lowest BCUT2D eigenvalue weighted by molar-refractivity contribution is 0.0988. The summed E-state index contributed by atoms with van der Waals surface area (Å²) in [5.41, 5.74) is 4.51. The first kappa shape index (κ1) is 19.8. The number of ether oxygens (including phenoxy) is 1. The van der Waals surface area contributed by atoms with E-state index >= 15 is 0 Å². The van der Waals surface area contributed by atoms with Crippen molar-refractivity contribution in [3.05, 3.63) is 89.0 Å². The van der Waals surface area contributed by atoms with Crippen LogP contribution in [-0.2, 0) is 0 Å². The van der Waals surface area contributed by atoms with E-state index in [1.807, 2.05) is 80.6 Å². The van der Waals surface area contributed by atoms with E-state index < -0.39 is 0 Å². The molecule has 150 valence electrons. The largest absolute Gasteiger partial charge is 0.497 e. The molecule has 1 heterocycles. The summed E-state index contributed by atoms with van der Waals surface area (Å²) in [4.78, 5) is 17.9. The van der Waals surface area contributed by atoms with Crippen LogP contribution < -0.4 is 9.75 Å². The van der Waals surface area contributed by atoms with Crippen molar-refractivity contribution in [2.24, 2.45) is 5.10 Å². The smallest absolute Gasteiger partial charge is 0.280 e. The number of carbonyl (C=O) groups excluding carboxylic acids is 1. The van der Waals surface area contributed by atoms with Crippen LogP contribution in [0.2, 0.25) is 0 Å². The van der Waals surface area contributed by atoms with Gasteiger partial charge in [0.2, 0.25) is 5.13 Å². The lowest BCUT2D eigenvalue weighted by atomic mass is 10.1. The maximum absolute atomic E-state index is 13.3. The second-order valence-electron chi connectivity index (χ2n) is 6.97. The first-order valence-corrected chi connectivity index (χ1v) is 10.3. The molecular formula is C24H21N3O2S. The van der Waals surface area contributed by atoms with Gasteiger partial charge in [-0.2, -0.15) is 10.1 Å². The van der Waals surface area contributed by atoms with Gasteiger partial charge in [-0.1, -0.05) is 58.9 Å². The van der Waals surface area contributed by atoms with Crippen molar-refractivity contribution in [3.63, 3.8) is 0 Å². The molecule has 6 heteroatoms. The molecule has 0 aliphatic carbocycles. The Labute approximate surface area is 179 Å². The summed E-state index contributed by atoms with van der Waals surface area (Å²) >= 11 is 1.40. The molecule has 1 amide bonds. The van der Waals surface area contributed by atoms with Crippen molar-refractivity contribution in [2.45, 2.75) is 13.8 Å². The van der Waals surface area contributed by atoms with Gasteiger partial charge in [-0.3, -0.25) is 4.79 Å². The standard InChI is InChI=1S/C24H21N3O2S/c1-16-4-8-18(9-5-16)15-25-27(23(28)19-10-6-17(2)7-11-19)24-26-21-13-12-20(29-3)14-22(21)30-24/h4-15H,1-3H3/b25-15+. The van der Waals surface area contributed by atoms with E-state index in [-0.39, 0.29) is 5.91 Å². The third-order valence-electron chi connectivity index (χ3n) is 4.66. The second kappa shape index (κ2) is 8.47. The lowest BCUT2D eigenvalue weighted by Gasteiger charge is -2.14. The van der Waals surface area contributed by atoms with Crippen LogP contribution in [0.1, 0.15) is 27.0 Å². The van der Waals surface area contributed by atoms with Crippen LogP contribution in [0.3, 0.4) is 0 Å². The van der Waals surface area contributed by atoms with E-state index in [9.17, 15) is 4.79 Å². The van der Waals surface area contributed by atoms with Crippen LogP contribution in [0.4, 0.5) is 5.13 Å². The number of hydrazone groups is 1. The molecule has 0 N–H and O–H groups in total. The number of hydrogen-bond acceptors (Lipinski definition) is 5. The molecule has 30 heavy (non-hydrogen) atoms. The maximum Gasteiger partial charge on any atom is 0.280 e. The second-order valence-corrected chi connectivity index (χ2v) is 7.98. The zero-order chi connectivity index (χ0) is 21.1. The molecule has 0 spiro atoms. The SMILES string of the molecule is COc1ccc2nc(N(/N=C/c3ccc(C)cc3)C(=O)c3ccc(C)cc3)sc2c1. The Hall–Kier alpha value is -3.51. The molecule has 0 saturated heterocycles. The summed E-state index contributed by atoms with van der Waals surface area (Å²) in [6, 6.07) is 21.1. The van der Waals surface area contributed by atoms with E-state index in [0.717, 1.165) is 27.1 Å². The summed E-state index contributed by atoms with van der Waals surface area (Å²) in [5, 5.41) is 6.38. The Morgan fingerprint density at radius 2 is 1.67 bits per heavy atom. The van der Waals surface area contributed by atoms with Crippen LogP contribution in [0.25, 0.3) is 10.2 Å². The Bertz CT molecular complexity index is 1210. The van der Waals surface area contributed by atoms with E-state index in [0.29, 0.717) is 10.7 Å². The van der Waals surface area contributed by atoms with Gasteiger partial charge in [0.15, 0.2) is 0 Å². The number of benzene rings is 3. The molecule has 0 aliphatic heterocycles. The summed E-state index contributed by atoms with van der Waals surface area (Å²) < 4.78 is 6.23. The number of methoxy groups -OCH3 is 1. The molecule has 0 radical (unpaired) electrons. The van der Waals surface area contributed by atoms with E-state index in [4.69, 9.17) is 4.74 Å². The minimum Gasteiger partial charge on any atom is -0.497 e. The monoisotopic (exact) mass is 415 g/mol. The van der Waals surface area contributed by atoms with Crippen molar-refractivity contribution in [1.29, 1.82) is 0 Å². The predicted molar refractivity (Wildman–Crippen MR) is 123 cm³/mol. The van der Waals surface area contributed by atoms with Crippen molar-refractivity contribution in [2.75, 3.05) is 12.1 Å². The van der Waals surface area contributed by atoms with Gasteiger partial charge in [-0.25, -0.2) is 4.98 Å². The molecule has 5 nitrogen and oxygen atoms in total. The Kier molecular flexibility index (Phi) is 5.59. The van der Waals surface area contributed by atoms with Gasteiger partial charge in [0.05, 0.1) is 23.5 Å².